The number of ether oxygens (including phenoxy) is 1. The van der Waals surface area contributed by atoms with E-state index in [1.165, 1.54) is 22.9 Å². The first-order valence-electron chi connectivity index (χ1n) is 9.98. The summed E-state index contributed by atoms with van der Waals surface area (Å²) in [6.45, 7) is 0.635. The maximum Gasteiger partial charge on any atom is 0.269 e. The van der Waals surface area contributed by atoms with Crippen molar-refractivity contribution in [1.29, 1.82) is 0 Å². The second kappa shape index (κ2) is 10.9. The van der Waals surface area contributed by atoms with Crippen LogP contribution in [0.4, 0.5) is 5.69 Å². The molecule has 4 aromatic carbocycles. The van der Waals surface area contributed by atoms with Gasteiger partial charge in [-0.1, -0.05) is 53.7 Å². The summed E-state index contributed by atoms with van der Waals surface area (Å²) < 4.78 is 8.07. The number of nitro groups is 1. The molecule has 0 N–H and O–H groups in total. The van der Waals surface area contributed by atoms with Crippen LogP contribution in [0.2, 0.25) is 0 Å². The molecule has 0 saturated carbocycles. The summed E-state index contributed by atoms with van der Waals surface area (Å²) in [5.41, 5.74) is 2.70. The van der Waals surface area contributed by atoms with Gasteiger partial charge in [0.15, 0.2) is 0 Å². The highest BCUT2D eigenvalue weighted by Crippen LogP contribution is 2.29. The highest BCUT2D eigenvalue weighted by atomic mass is 127. The summed E-state index contributed by atoms with van der Waals surface area (Å²) in [5.74, 6) is 0.832. The lowest BCUT2D eigenvalue weighted by molar-refractivity contribution is -0.384. The Morgan fingerprint density at radius 1 is 0.848 bits per heavy atom. The predicted octanol–water partition coefficient (Wildman–Crippen LogP) is 7.09. The largest absolute Gasteiger partial charge is 0.487 e. The van der Waals surface area contributed by atoms with Gasteiger partial charge in [0, 0.05) is 12.1 Å². The second-order valence-electron chi connectivity index (χ2n) is 7.22. The summed E-state index contributed by atoms with van der Waals surface area (Å²) in [4.78, 5) is 15.8. The third-order valence-electron chi connectivity index (χ3n) is 4.85. The minimum absolute atomic E-state index is 0.0310. The maximum absolute atomic E-state index is 10.9. The average Bonchev–Trinajstić information content (AvgIpc) is 2.81. The first-order valence-corrected chi connectivity index (χ1v) is 12.1. The van der Waals surface area contributed by atoms with Crippen LogP contribution in [0.5, 0.6) is 5.75 Å². The molecule has 0 spiro atoms. The summed E-state index contributed by atoms with van der Waals surface area (Å²) in [5, 5.41) is 17.3. The number of hydrogen-bond donors (Lipinski definition) is 0. The maximum atomic E-state index is 10.9. The molecule has 0 amide bonds. The number of non-ortho nitro benzene ring substituents is 1. The van der Waals surface area contributed by atoms with Gasteiger partial charge >= 0.3 is 0 Å². The molecule has 0 bridgehead atoms. The van der Waals surface area contributed by atoms with Gasteiger partial charge in [0.2, 0.25) is 0 Å². The van der Waals surface area contributed by atoms with E-state index < -0.39 is 4.92 Å². The molecule has 6 nitrogen and oxygen atoms in total. The Kier molecular flexibility index (Phi) is 7.76. The molecule has 0 aliphatic heterocycles. The molecule has 0 aromatic heterocycles. The van der Waals surface area contributed by atoms with E-state index in [4.69, 9.17) is 9.57 Å². The Morgan fingerprint density at radius 3 is 2.33 bits per heavy atom. The molecule has 0 fully saturated rings. The molecule has 0 saturated heterocycles. The summed E-state index contributed by atoms with van der Waals surface area (Å²) in [7, 11) is 0. The molecule has 33 heavy (non-hydrogen) atoms. The number of nitrogens with zero attached hydrogens (tertiary/aromatic N) is 2. The standard InChI is InChI=1S/C25H18I2N2O4/c26-23-12-19(14-28-33-16-17-4-3-7-22(11-17)29(30)31)13-24(27)25(23)32-15-18-8-9-20-5-1-2-6-21(20)10-18/h1-14H,15-16H2/b28-14-. The molecular weight excluding hydrogens is 646 g/mol. The topological polar surface area (TPSA) is 74.0 Å². The fourth-order valence-electron chi connectivity index (χ4n) is 3.25. The van der Waals surface area contributed by atoms with Crippen molar-refractivity contribution in [2.75, 3.05) is 0 Å². The molecule has 4 aromatic rings. The molecule has 0 unspecified atom stereocenters. The quantitative estimate of drug-likeness (QED) is 0.0874. The first kappa shape index (κ1) is 23.4. The number of benzene rings is 4. The summed E-state index contributed by atoms with van der Waals surface area (Å²) in [6.07, 6.45) is 1.62. The molecule has 4 rings (SSSR count). The Balaban J connectivity index is 1.38. The number of nitro benzene ring substituents is 1. The van der Waals surface area contributed by atoms with Crippen LogP contribution in [0.1, 0.15) is 16.7 Å². The van der Waals surface area contributed by atoms with Gasteiger partial charge in [-0.3, -0.25) is 10.1 Å². The van der Waals surface area contributed by atoms with Crippen LogP contribution in [-0.4, -0.2) is 11.1 Å². The van der Waals surface area contributed by atoms with E-state index in [0.717, 1.165) is 24.0 Å². The third kappa shape index (κ3) is 6.20. The van der Waals surface area contributed by atoms with Crippen LogP contribution in [0.15, 0.2) is 84.0 Å². The monoisotopic (exact) mass is 664 g/mol. The zero-order valence-corrected chi connectivity index (χ0v) is 21.6. The summed E-state index contributed by atoms with van der Waals surface area (Å²) >= 11 is 4.51. The Hall–Kier alpha value is -2.73. The second-order valence-corrected chi connectivity index (χ2v) is 9.54. The van der Waals surface area contributed by atoms with Gasteiger partial charge in [0.25, 0.3) is 5.69 Å². The molecule has 0 radical (unpaired) electrons. The lowest BCUT2D eigenvalue weighted by Gasteiger charge is -2.12. The molecule has 8 heteroatoms. The average molecular weight is 664 g/mol. The number of hydrogen-bond acceptors (Lipinski definition) is 5. The highest BCUT2D eigenvalue weighted by Gasteiger charge is 2.10. The SMILES string of the molecule is O=[N+]([O-])c1cccc(CO/N=C\c2cc(I)c(OCc3ccc4ccccc4c3)c(I)c2)c1. The lowest BCUT2D eigenvalue weighted by Crippen LogP contribution is -2.00. The van der Waals surface area contributed by atoms with Gasteiger partial charge in [0.1, 0.15) is 19.0 Å². The van der Waals surface area contributed by atoms with E-state index in [2.05, 4.69) is 80.7 Å². The molecule has 0 aliphatic carbocycles. The van der Waals surface area contributed by atoms with E-state index in [0.29, 0.717) is 12.2 Å². The van der Waals surface area contributed by atoms with Crippen molar-refractivity contribution in [2.45, 2.75) is 13.2 Å². The zero-order chi connectivity index (χ0) is 23.2. The van der Waals surface area contributed by atoms with Crippen LogP contribution < -0.4 is 4.74 Å². The lowest BCUT2D eigenvalue weighted by atomic mass is 10.1. The minimum atomic E-state index is -0.430. The van der Waals surface area contributed by atoms with Crippen molar-refractivity contribution in [3.8, 4) is 5.75 Å². The van der Waals surface area contributed by atoms with Crippen molar-refractivity contribution < 1.29 is 14.5 Å². The van der Waals surface area contributed by atoms with Crippen LogP contribution in [0.3, 0.4) is 0 Å². The van der Waals surface area contributed by atoms with Gasteiger partial charge < -0.3 is 9.57 Å². The number of fused-ring (bicyclic) bond motifs is 1. The third-order valence-corrected chi connectivity index (χ3v) is 6.45. The van der Waals surface area contributed by atoms with Crippen molar-refractivity contribution in [3.05, 3.63) is 113 Å². The van der Waals surface area contributed by atoms with Crippen LogP contribution >= 0.6 is 45.2 Å². The fourth-order valence-corrected chi connectivity index (χ4v) is 5.37. The Labute approximate surface area is 218 Å². The van der Waals surface area contributed by atoms with Gasteiger partial charge in [-0.15, -0.1) is 0 Å². The molecular formula is C25H18I2N2O4. The molecule has 0 atom stereocenters. The van der Waals surface area contributed by atoms with E-state index in [9.17, 15) is 10.1 Å². The minimum Gasteiger partial charge on any atom is -0.487 e. The fraction of sp³-hybridized carbons (Fsp3) is 0.0800. The van der Waals surface area contributed by atoms with Crippen LogP contribution in [-0.2, 0) is 18.1 Å². The van der Waals surface area contributed by atoms with Crippen molar-refractivity contribution in [2.24, 2.45) is 5.16 Å². The van der Waals surface area contributed by atoms with E-state index in [1.54, 1.807) is 18.3 Å². The van der Waals surface area contributed by atoms with E-state index in [-0.39, 0.29) is 12.3 Å². The highest BCUT2D eigenvalue weighted by molar-refractivity contribution is 14.1. The van der Waals surface area contributed by atoms with Gasteiger partial charge in [-0.2, -0.15) is 0 Å². The Morgan fingerprint density at radius 2 is 1.58 bits per heavy atom. The molecule has 166 valence electrons. The van der Waals surface area contributed by atoms with Crippen LogP contribution in [0, 0.1) is 17.3 Å². The van der Waals surface area contributed by atoms with Gasteiger partial charge in [0.05, 0.1) is 18.3 Å². The first-order chi connectivity index (χ1) is 16.0. The van der Waals surface area contributed by atoms with E-state index >= 15 is 0 Å². The van der Waals surface area contributed by atoms with Crippen molar-refractivity contribution >= 4 is 67.9 Å². The van der Waals surface area contributed by atoms with Gasteiger partial charge in [-0.05, 0) is 90.8 Å². The normalized spacial score (nSPS) is 11.1. The smallest absolute Gasteiger partial charge is 0.269 e. The number of oxime groups is 1. The molecule has 0 heterocycles. The Bertz CT molecular complexity index is 1320. The van der Waals surface area contributed by atoms with Crippen LogP contribution in [0.25, 0.3) is 10.8 Å². The molecule has 0 aliphatic rings. The summed E-state index contributed by atoms with van der Waals surface area (Å²) in [6, 6.07) is 24.9. The van der Waals surface area contributed by atoms with Crippen molar-refractivity contribution in [3.63, 3.8) is 0 Å². The predicted molar refractivity (Wildman–Crippen MR) is 146 cm³/mol. The number of rotatable bonds is 8. The van der Waals surface area contributed by atoms with Gasteiger partial charge in [-0.25, -0.2) is 0 Å². The number of halogens is 2. The van der Waals surface area contributed by atoms with E-state index in [1.807, 2.05) is 24.3 Å². The zero-order valence-electron chi connectivity index (χ0n) is 17.3. The van der Waals surface area contributed by atoms with Crippen molar-refractivity contribution in [1.82, 2.24) is 0 Å².